The fourth-order valence-electron chi connectivity index (χ4n) is 2.57. The van der Waals surface area contributed by atoms with E-state index in [0.717, 1.165) is 33.6 Å². The Morgan fingerprint density at radius 2 is 1.70 bits per heavy atom. The lowest BCUT2D eigenvalue weighted by atomic mass is 10.1. The maximum absolute atomic E-state index is 4.69. The van der Waals surface area contributed by atoms with Gasteiger partial charge in [0.05, 0.1) is 16.9 Å². The van der Waals surface area contributed by atoms with Gasteiger partial charge in [0.15, 0.2) is 0 Å². The highest BCUT2D eigenvalue weighted by Gasteiger charge is 2.10. The van der Waals surface area contributed by atoms with Crippen molar-refractivity contribution in [2.75, 3.05) is 0 Å². The van der Waals surface area contributed by atoms with Crippen LogP contribution in [0.3, 0.4) is 0 Å². The fraction of sp³-hybridized carbons (Fsp3) is 0.0588. The summed E-state index contributed by atoms with van der Waals surface area (Å²) in [4.78, 5) is 9.34. The minimum absolute atomic E-state index is 0.956. The summed E-state index contributed by atoms with van der Waals surface area (Å²) in [5, 5.41) is 0. The number of hydrogen-bond donors (Lipinski definition) is 0. The van der Waals surface area contributed by atoms with E-state index in [1.54, 1.807) is 0 Å². The number of benzene rings is 1. The summed E-state index contributed by atoms with van der Waals surface area (Å²) < 4.78 is 2.11. The number of rotatable bonds is 1. The highest BCUT2D eigenvalue weighted by Crippen LogP contribution is 2.25. The average Bonchev–Trinajstić information content (AvgIpc) is 2.88. The van der Waals surface area contributed by atoms with E-state index in [0.29, 0.717) is 0 Å². The van der Waals surface area contributed by atoms with Gasteiger partial charge in [0, 0.05) is 11.8 Å². The van der Waals surface area contributed by atoms with Crippen molar-refractivity contribution in [3.05, 3.63) is 66.5 Å². The molecule has 0 aliphatic heterocycles. The molecule has 3 nitrogen and oxygen atoms in total. The van der Waals surface area contributed by atoms with Crippen molar-refractivity contribution < 1.29 is 0 Å². The predicted octanol–water partition coefficient (Wildman–Crippen LogP) is 3.86. The third kappa shape index (κ3) is 1.60. The van der Waals surface area contributed by atoms with Gasteiger partial charge >= 0.3 is 0 Å². The number of pyridine rings is 2. The highest BCUT2D eigenvalue weighted by atomic mass is 15.0. The number of nitrogens with zero attached hydrogens (tertiary/aromatic N) is 3. The molecule has 0 bridgehead atoms. The van der Waals surface area contributed by atoms with Crippen molar-refractivity contribution >= 4 is 16.7 Å². The number of aryl methyl sites for hydroxylation is 1. The van der Waals surface area contributed by atoms with Crippen LogP contribution >= 0.6 is 0 Å². The summed E-state index contributed by atoms with van der Waals surface area (Å²) in [5.41, 5.74) is 6.11. The maximum atomic E-state index is 4.69. The molecule has 0 aliphatic rings. The zero-order chi connectivity index (χ0) is 13.5. The number of aromatic nitrogens is 3. The normalized spacial score (nSPS) is 11.2. The van der Waals surface area contributed by atoms with Crippen molar-refractivity contribution in [3.63, 3.8) is 0 Å². The zero-order valence-electron chi connectivity index (χ0n) is 11.1. The predicted molar refractivity (Wildman–Crippen MR) is 80.7 cm³/mol. The standard InChI is InChI=1S/C17H13N3/c1-12-17-15(20-10-6-5-9-16(20)19-17)11-14(18-12)13-7-3-2-4-8-13/h2-11H,1H3. The second-order valence-electron chi connectivity index (χ2n) is 4.87. The topological polar surface area (TPSA) is 30.2 Å². The van der Waals surface area contributed by atoms with Crippen molar-refractivity contribution in [1.29, 1.82) is 0 Å². The van der Waals surface area contributed by atoms with E-state index >= 15 is 0 Å². The molecule has 0 fully saturated rings. The molecule has 4 rings (SSSR count). The van der Waals surface area contributed by atoms with Gasteiger partial charge in [-0.05, 0) is 25.1 Å². The molecule has 0 atom stereocenters. The second-order valence-corrected chi connectivity index (χ2v) is 4.87. The maximum Gasteiger partial charge on any atom is 0.137 e. The highest BCUT2D eigenvalue weighted by molar-refractivity contribution is 5.85. The van der Waals surface area contributed by atoms with Crippen molar-refractivity contribution in [3.8, 4) is 11.3 Å². The molecule has 0 saturated heterocycles. The summed E-state index contributed by atoms with van der Waals surface area (Å²) in [7, 11) is 0. The average molecular weight is 259 g/mol. The van der Waals surface area contributed by atoms with Crippen LogP contribution in [0.25, 0.3) is 27.9 Å². The van der Waals surface area contributed by atoms with Gasteiger partial charge < -0.3 is 0 Å². The smallest absolute Gasteiger partial charge is 0.137 e. The molecule has 3 aromatic heterocycles. The lowest BCUT2D eigenvalue weighted by Crippen LogP contribution is -1.90. The van der Waals surface area contributed by atoms with E-state index in [1.807, 2.05) is 49.5 Å². The first-order valence-corrected chi connectivity index (χ1v) is 6.63. The van der Waals surface area contributed by atoms with E-state index < -0.39 is 0 Å². The molecule has 20 heavy (non-hydrogen) atoms. The summed E-state index contributed by atoms with van der Waals surface area (Å²) in [6, 6.07) is 18.4. The van der Waals surface area contributed by atoms with Crippen molar-refractivity contribution in [1.82, 2.24) is 14.4 Å². The Kier molecular flexibility index (Phi) is 2.33. The van der Waals surface area contributed by atoms with Gasteiger partial charge in [0.1, 0.15) is 11.2 Å². The molecule has 0 radical (unpaired) electrons. The minimum Gasteiger partial charge on any atom is -0.299 e. The van der Waals surface area contributed by atoms with Crippen LogP contribution in [0.2, 0.25) is 0 Å². The Morgan fingerprint density at radius 1 is 0.900 bits per heavy atom. The molecule has 0 unspecified atom stereocenters. The molecular weight excluding hydrogens is 246 g/mol. The first kappa shape index (κ1) is 11.2. The second kappa shape index (κ2) is 4.17. The Bertz CT molecular complexity index is 907. The Hall–Kier alpha value is -2.68. The van der Waals surface area contributed by atoms with E-state index in [2.05, 4.69) is 27.6 Å². The SMILES string of the molecule is Cc1nc(-c2ccccc2)cc2c1nc1ccccn12. The van der Waals surface area contributed by atoms with Crippen LogP contribution in [0.5, 0.6) is 0 Å². The van der Waals surface area contributed by atoms with Gasteiger partial charge in [-0.15, -0.1) is 0 Å². The van der Waals surface area contributed by atoms with Gasteiger partial charge in [-0.3, -0.25) is 9.38 Å². The fourth-order valence-corrected chi connectivity index (χ4v) is 2.57. The van der Waals surface area contributed by atoms with E-state index in [4.69, 9.17) is 4.98 Å². The molecule has 0 spiro atoms. The number of imidazole rings is 1. The van der Waals surface area contributed by atoms with E-state index in [1.165, 1.54) is 0 Å². The van der Waals surface area contributed by atoms with Crippen molar-refractivity contribution in [2.45, 2.75) is 6.92 Å². The first-order chi connectivity index (χ1) is 9.83. The zero-order valence-corrected chi connectivity index (χ0v) is 11.1. The van der Waals surface area contributed by atoms with Gasteiger partial charge in [-0.1, -0.05) is 36.4 Å². The molecule has 3 heteroatoms. The van der Waals surface area contributed by atoms with Crippen LogP contribution in [-0.4, -0.2) is 14.4 Å². The van der Waals surface area contributed by atoms with Gasteiger partial charge in [0.25, 0.3) is 0 Å². The largest absolute Gasteiger partial charge is 0.299 e. The Labute approximate surface area is 116 Å². The quantitative estimate of drug-likeness (QED) is 0.519. The van der Waals surface area contributed by atoms with Crippen LogP contribution < -0.4 is 0 Å². The molecule has 1 aromatic carbocycles. The third-order valence-electron chi connectivity index (χ3n) is 3.54. The van der Waals surface area contributed by atoms with Crippen LogP contribution in [0.4, 0.5) is 0 Å². The molecule has 0 aliphatic carbocycles. The van der Waals surface area contributed by atoms with Crippen LogP contribution in [0, 0.1) is 6.92 Å². The third-order valence-corrected chi connectivity index (χ3v) is 3.54. The van der Waals surface area contributed by atoms with Gasteiger partial charge in [-0.2, -0.15) is 0 Å². The Morgan fingerprint density at radius 3 is 2.55 bits per heavy atom. The van der Waals surface area contributed by atoms with Gasteiger partial charge in [-0.25, -0.2) is 4.98 Å². The monoisotopic (exact) mass is 259 g/mol. The van der Waals surface area contributed by atoms with Gasteiger partial charge in [0.2, 0.25) is 0 Å². The number of fused-ring (bicyclic) bond motifs is 3. The first-order valence-electron chi connectivity index (χ1n) is 6.63. The summed E-state index contributed by atoms with van der Waals surface area (Å²) in [6.07, 6.45) is 2.04. The summed E-state index contributed by atoms with van der Waals surface area (Å²) >= 11 is 0. The molecular formula is C17H13N3. The molecule has 4 aromatic rings. The Balaban J connectivity index is 2.08. The number of hydrogen-bond acceptors (Lipinski definition) is 2. The van der Waals surface area contributed by atoms with E-state index in [9.17, 15) is 0 Å². The molecule has 3 heterocycles. The summed E-state index contributed by atoms with van der Waals surface area (Å²) in [5.74, 6) is 0. The molecule has 0 N–H and O–H groups in total. The van der Waals surface area contributed by atoms with Crippen molar-refractivity contribution in [2.24, 2.45) is 0 Å². The molecule has 96 valence electrons. The minimum atomic E-state index is 0.956. The lowest BCUT2D eigenvalue weighted by molar-refractivity contribution is 1.21. The van der Waals surface area contributed by atoms with E-state index in [-0.39, 0.29) is 0 Å². The molecule has 0 amide bonds. The summed E-state index contributed by atoms with van der Waals surface area (Å²) in [6.45, 7) is 2.02. The van der Waals surface area contributed by atoms with Crippen LogP contribution in [0.15, 0.2) is 60.8 Å². The lowest BCUT2D eigenvalue weighted by Gasteiger charge is -2.03. The molecule has 0 saturated carbocycles. The van der Waals surface area contributed by atoms with Crippen LogP contribution in [0.1, 0.15) is 5.69 Å². The van der Waals surface area contributed by atoms with Crippen LogP contribution in [-0.2, 0) is 0 Å².